The third-order valence-electron chi connectivity index (χ3n) is 3.20. The Bertz CT molecular complexity index is 516. The lowest BCUT2D eigenvalue weighted by atomic mass is 10.1. The number of halogens is 3. The average Bonchev–Trinajstić information content (AvgIpc) is 2.46. The van der Waals surface area contributed by atoms with Gasteiger partial charge in [0.2, 0.25) is 0 Å². The lowest BCUT2D eigenvalue weighted by molar-refractivity contribution is -0.189. The van der Waals surface area contributed by atoms with Crippen LogP contribution in [0.5, 0.6) is 0 Å². The summed E-state index contributed by atoms with van der Waals surface area (Å²) in [5.41, 5.74) is 0.810. The topological polar surface area (TPSA) is 46.6 Å². The Kier molecular flexibility index (Phi) is 4.62. The van der Waals surface area contributed by atoms with Gasteiger partial charge in [-0.15, -0.1) is 0 Å². The van der Waals surface area contributed by atoms with Crippen LogP contribution >= 0.6 is 0 Å². The predicted molar refractivity (Wildman–Crippen MR) is 67.3 cm³/mol. The summed E-state index contributed by atoms with van der Waals surface area (Å²) >= 11 is 0. The molecule has 1 heterocycles. The zero-order chi connectivity index (χ0) is 15.5. The smallest absolute Gasteiger partial charge is 0.364 e. The van der Waals surface area contributed by atoms with Crippen LogP contribution in [0, 0.1) is 0 Å². The first-order valence-electron chi connectivity index (χ1n) is 6.42. The van der Waals surface area contributed by atoms with Gasteiger partial charge in [-0.3, -0.25) is 9.59 Å². The van der Waals surface area contributed by atoms with Crippen molar-refractivity contribution in [2.24, 2.45) is 0 Å². The molecular formula is C14H14F3NO3. The summed E-state index contributed by atoms with van der Waals surface area (Å²) in [6, 6.07) is 8.97. The van der Waals surface area contributed by atoms with Gasteiger partial charge in [0, 0.05) is 13.0 Å². The highest BCUT2D eigenvalue weighted by atomic mass is 19.4. The van der Waals surface area contributed by atoms with Crippen molar-refractivity contribution in [3.8, 4) is 0 Å². The monoisotopic (exact) mass is 301 g/mol. The van der Waals surface area contributed by atoms with Crippen molar-refractivity contribution in [3.05, 3.63) is 35.9 Å². The Morgan fingerprint density at radius 1 is 1.29 bits per heavy atom. The van der Waals surface area contributed by atoms with E-state index in [4.69, 9.17) is 4.74 Å². The quantitative estimate of drug-likeness (QED) is 0.857. The highest BCUT2D eigenvalue weighted by Crippen LogP contribution is 2.21. The summed E-state index contributed by atoms with van der Waals surface area (Å²) in [5, 5.41) is 0. The SMILES string of the molecule is O=C1CCN(C(=O)C(F)(F)F)C[C@@H]1OCc1ccccc1. The number of ether oxygens (including phenoxy) is 1. The first-order chi connectivity index (χ1) is 9.88. The van der Waals surface area contributed by atoms with Crippen LogP contribution in [0.1, 0.15) is 12.0 Å². The van der Waals surface area contributed by atoms with Crippen molar-refractivity contribution >= 4 is 11.7 Å². The number of Topliss-reactive ketones (excluding diaryl/α,β-unsaturated/α-hetero) is 1. The summed E-state index contributed by atoms with van der Waals surface area (Å²) < 4.78 is 42.5. The maximum absolute atomic E-state index is 12.4. The van der Waals surface area contributed by atoms with Crippen LogP contribution in [-0.2, 0) is 20.9 Å². The molecule has 1 aliphatic rings. The molecule has 0 radical (unpaired) electrons. The molecule has 0 spiro atoms. The van der Waals surface area contributed by atoms with E-state index in [0.717, 1.165) is 5.56 Å². The van der Waals surface area contributed by atoms with Crippen molar-refractivity contribution in [1.82, 2.24) is 4.90 Å². The summed E-state index contributed by atoms with van der Waals surface area (Å²) in [6.45, 7) is -0.461. The Labute approximate surface area is 119 Å². The number of ketones is 1. The van der Waals surface area contributed by atoms with Gasteiger partial charge in [-0.2, -0.15) is 13.2 Å². The molecule has 1 amide bonds. The van der Waals surface area contributed by atoms with Crippen molar-refractivity contribution in [2.45, 2.75) is 25.3 Å². The molecule has 1 fully saturated rings. The largest absolute Gasteiger partial charge is 0.471 e. The highest BCUT2D eigenvalue weighted by Gasteiger charge is 2.45. The Balaban J connectivity index is 1.95. The highest BCUT2D eigenvalue weighted by molar-refractivity contribution is 5.88. The average molecular weight is 301 g/mol. The maximum Gasteiger partial charge on any atom is 0.471 e. The molecule has 0 aromatic heterocycles. The second-order valence-electron chi connectivity index (χ2n) is 4.75. The minimum atomic E-state index is -4.93. The third kappa shape index (κ3) is 4.04. The number of alkyl halides is 3. The minimum Gasteiger partial charge on any atom is -0.364 e. The number of piperidine rings is 1. The number of amides is 1. The number of nitrogens with zero attached hydrogens (tertiary/aromatic N) is 1. The molecule has 0 saturated carbocycles. The van der Waals surface area contributed by atoms with E-state index in [0.29, 0.717) is 4.90 Å². The Hall–Kier alpha value is -1.89. The van der Waals surface area contributed by atoms with Gasteiger partial charge in [-0.1, -0.05) is 30.3 Å². The Morgan fingerprint density at radius 3 is 2.57 bits per heavy atom. The van der Waals surface area contributed by atoms with Crippen molar-refractivity contribution < 1.29 is 27.5 Å². The first-order valence-corrected chi connectivity index (χ1v) is 6.42. The summed E-state index contributed by atoms with van der Waals surface area (Å²) in [7, 11) is 0. The van der Waals surface area contributed by atoms with Crippen molar-refractivity contribution in [1.29, 1.82) is 0 Å². The second kappa shape index (κ2) is 6.26. The maximum atomic E-state index is 12.4. The normalized spacial score (nSPS) is 19.7. The zero-order valence-corrected chi connectivity index (χ0v) is 11.1. The van der Waals surface area contributed by atoms with Crippen LogP contribution in [0.2, 0.25) is 0 Å². The number of benzene rings is 1. The van der Waals surface area contributed by atoms with E-state index in [-0.39, 0.29) is 31.9 Å². The molecular weight excluding hydrogens is 287 g/mol. The molecule has 0 N–H and O–H groups in total. The molecule has 4 nitrogen and oxygen atoms in total. The molecule has 1 saturated heterocycles. The number of likely N-dealkylation sites (tertiary alicyclic amines) is 1. The van der Waals surface area contributed by atoms with Crippen LogP contribution in [0.4, 0.5) is 13.2 Å². The Morgan fingerprint density at radius 2 is 1.95 bits per heavy atom. The van der Waals surface area contributed by atoms with Crippen LogP contribution in [-0.4, -0.2) is 42.0 Å². The fraction of sp³-hybridized carbons (Fsp3) is 0.429. The summed E-state index contributed by atoms with van der Waals surface area (Å²) in [5.74, 6) is -2.21. The lowest BCUT2D eigenvalue weighted by Gasteiger charge is -2.32. The number of hydrogen-bond acceptors (Lipinski definition) is 3. The van der Waals surface area contributed by atoms with Gasteiger partial charge in [0.15, 0.2) is 5.78 Å². The van der Waals surface area contributed by atoms with Crippen LogP contribution in [0.15, 0.2) is 30.3 Å². The van der Waals surface area contributed by atoms with E-state index in [1.807, 2.05) is 6.07 Å². The zero-order valence-electron chi connectivity index (χ0n) is 11.1. The van der Waals surface area contributed by atoms with Crippen molar-refractivity contribution in [3.63, 3.8) is 0 Å². The van der Waals surface area contributed by atoms with Crippen molar-refractivity contribution in [2.75, 3.05) is 13.1 Å². The fourth-order valence-electron chi connectivity index (χ4n) is 2.08. The molecule has 7 heteroatoms. The van der Waals surface area contributed by atoms with E-state index in [9.17, 15) is 22.8 Å². The molecule has 1 atom stereocenters. The summed E-state index contributed by atoms with van der Waals surface area (Å²) in [6.07, 6.45) is -6.06. The van der Waals surface area contributed by atoms with Gasteiger partial charge in [-0.25, -0.2) is 0 Å². The predicted octanol–water partition coefficient (Wildman–Crippen LogP) is 1.94. The van der Waals surface area contributed by atoms with Gasteiger partial charge in [0.1, 0.15) is 6.10 Å². The molecule has 1 aromatic rings. The second-order valence-corrected chi connectivity index (χ2v) is 4.75. The molecule has 21 heavy (non-hydrogen) atoms. The number of hydrogen-bond donors (Lipinski definition) is 0. The van der Waals surface area contributed by atoms with E-state index < -0.39 is 18.2 Å². The molecule has 0 unspecified atom stereocenters. The van der Waals surface area contributed by atoms with Crippen LogP contribution < -0.4 is 0 Å². The molecule has 0 bridgehead atoms. The molecule has 114 valence electrons. The van der Waals surface area contributed by atoms with Gasteiger partial charge >= 0.3 is 12.1 Å². The van der Waals surface area contributed by atoms with E-state index >= 15 is 0 Å². The number of rotatable bonds is 3. The van der Waals surface area contributed by atoms with Gasteiger partial charge in [-0.05, 0) is 5.56 Å². The van der Waals surface area contributed by atoms with Gasteiger partial charge in [0.05, 0.1) is 13.2 Å². The lowest BCUT2D eigenvalue weighted by Crippen LogP contribution is -2.51. The number of carbonyl (C=O) groups excluding carboxylic acids is 2. The molecule has 1 aliphatic heterocycles. The summed E-state index contributed by atoms with van der Waals surface area (Å²) in [4.78, 5) is 23.5. The van der Waals surface area contributed by atoms with Gasteiger partial charge in [0.25, 0.3) is 0 Å². The van der Waals surface area contributed by atoms with Crippen LogP contribution in [0.3, 0.4) is 0 Å². The van der Waals surface area contributed by atoms with E-state index in [1.165, 1.54) is 0 Å². The first kappa shape index (κ1) is 15.5. The molecule has 1 aromatic carbocycles. The van der Waals surface area contributed by atoms with E-state index in [1.54, 1.807) is 24.3 Å². The third-order valence-corrected chi connectivity index (χ3v) is 3.20. The number of carbonyl (C=O) groups is 2. The molecule has 2 rings (SSSR count). The standard InChI is InChI=1S/C14H14F3NO3/c15-14(16,17)13(20)18-7-6-11(19)12(8-18)21-9-10-4-2-1-3-5-10/h1-5,12H,6-9H2/t12-/m0/s1. The fourth-order valence-corrected chi connectivity index (χ4v) is 2.08. The van der Waals surface area contributed by atoms with E-state index in [2.05, 4.69) is 0 Å². The van der Waals surface area contributed by atoms with Gasteiger partial charge < -0.3 is 9.64 Å². The minimum absolute atomic E-state index is 0.116. The molecule has 0 aliphatic carbocycles. The van der Waals surface area contributed by atoms with Crippen LogP contribution in [0.25, 0.3) is 0 Å².